The molecule has 0 bridgehead atoms. The van der Waals surface area contributed by atoms with Gasteiger partial charge in [-0.15, -0.1) is 0 Å². The van der Waals surface area contributed by atoms with E-state index in [2.05, 4.69) is 12.1 Å². The monoisotopic (exact) mass is 216 g/mol. The molecule has 1 spiro atoms. The second kappa shape index (κ2) is 3.34. The van der Waals surface area contributed by atoms with Gasteiger partial charge in [-0.25, -0.2) is 0 Å². The predicted molar refractivity (Wildman–Crippen MR) is 61.2 cm³/mol. The summed E-state index contributed by atoms with van der Waals surface area (Å²) in [5.74, 6) is -0.538. The smallest absolute Gasteiger partial charge is 0.307 e. The van der Waals surface area contributed by atoms with Crippen LogP contribution in [-0.2, 0) is 4.79 Å². The number of carbonyl (C=O) groups is 1. The van der Waals surface area contributed by atoms with Crippen LogP contribution >= 0.6 is 0 Å². The maximum Gasteiger partial charge on any atom is 0.307 e. The highest BCUT2D eigenvalue weighted by atomic mass is 16.4. The van der Waals surface area contributed by atoms with Gasteiger partial charge in [0.1, 0.15) is 0 Å². The number of rotatable bonds is 2. The number of carboxylic acid groups (broad SMARTS) is 1. The fourth-order valence-electron chi connectivity index (χ4n) is 3.20. The van der Waals surface area contributed by atoms with Crippen LogP contribution in [-0.4, -0.2) is 11.1 Å². The highest BCUT2D eigenvalue weighted by molar-refractivity contribution is 5.72. The molecule has 0 heterocycles. The van der Waals surface area contributed by atoms with E-state index in [0.29, 0.717) is 5.41 Å². The Kier molecular flexibility index (Phi) is 2.06. The van der Waals surface area contributed by atoms with Gasteiger partial charge in [-0.1, -0.05) is 30.3 Å². The molecule has 0 radical (unpaired) electrons. The lowest BCUT2D eigenvalue weighted by Crippen LogP contribution is -2.16. The quantitative estimate of drug-likeness (QED) is 0.825. The second-order valence-electron chi connectivity index (χ2n) is 5.37. The first-order chi connectivity index (χ1) is 7.70. The van der Waals surface area contributed by atoms with Gasteiger partial charge >= 0.3 is 5.97 Å². The third-order valence-electron chi connectivity index (χ3n) is 4.29. The fraction of sp³-hybridized carbons (Fsp3) is 0.500. The summed E-state index contributed by atoms with van der Waals surface area (Å²) in [6, 6.07) is 10.1. The summed E-state index contributed by atoms with van der Waals surface area (Å²) in [6.07, 6.45) is 4.44. The summed E-state index contributed by atoms with van der Waals surface area (Å²) in [4.78, 5) is 11.3. The molecule has 0 unspecified atom stereocenters. The average molecular weight is 216 g/mol. The zero-order valence-electron chi connectivity index (χ0n) is 9.23. The van der Waals surface area contributed by atoms with Crippen molar-refractivity contribution in [3.05, 3.63) is 35.9 Å². The van der Waals surface area contributed by atoms with E-state index in [1.165, 1.54) is 18.4 Å². The number of carboxylic acids is 1. The Morgan fingerprint density at radius 2 is 1.88 bits per heavy atom. The lowest BCUT2D eigenvalue weighted by molar-refractivity contribution is -0.142. The standard InChI is InChI=1S/C14H16O2/c15-13(16)12-9-14(6-7-14)8-11(12)10-4-2-1-3-5-10/h1-5,11-12H,6-9H2,(H,15,16)/t11-,12+/m1/s1. The molecule has 2 heteroatoms. The summed E-state index contributed by atoms with van der Waals surface area (Å²) < 4.78 is 0. The molecule has 2 saturated carbocycles. The fourth-order valence-corrected chi connectivity index (χ4v) is 3.20. The number of benzene rings is 1. The Morgan fingerprint density at radius 1 is 1.19 bits per heavy atom. The van der Waals surface area contributed by atoms with Gasteiger partial charge in [-0.2, -0.15) is 0 Å². The van der Waals surface area contributed by atoms with Crippen LogP contribution in [0.3, 0.4) is 0 Å². The summed E-state index contributed by atoms with van der Waals surface area (Å²) >= 11 is 0. The van der Waals surface area contributed by atoms with Crippen LogP contribution in [0.15, 0.2) is 30.3 Å². The molecule has 0 saturated heterocycles. The van der Waals surface area contributed by atoms with Crippen LogP contribution < -0.4 is 0 Å². The topological polar surface area (TPSA) is 37.3 Å². The SMILES string of the molecule is O=C(O)[C@H]1CC2(CC2)C[C@@H]1c1ccccc1. The second-order valence-corrected chi connectivity index (χ2v) is 5.37. The van der Waals surface area contributed by atoms with E-state index in [1.807, 2.05) is 18.2 Å². The third kappa shape index (κ3) is 1.53. The molecule has 1 aromatic rings. The Hall–Kier alpha value is -1.31. The van der Waals surface area contributed by atoms with Crippen LogP contribution in [0.4, 0.5) is 0 Å². The Bertz CT molecular complexity index is 406. The molecule has 2 nitrogen and oxygen atoms in total. The minimum absolute atomic E-state index is 0.162. The Balaban J connectivity index is 1.90. The van der Waals surface area contributed by atoms with Crippen molar-refractivity contribution in [3.63, 3.8) is 0 Å². The number of aliphatic carboxylic acids is 1. The van der Waals surface area contributed by atoms with Crippen molar-refractivity contribution in [2.45, 2.75) is 31.6 Å². The predicted octanol–water partition coefficient (Wildman–Crippen LogP) is 3.05. The largest absolute Gasteiger partial charge is 0.481 e. The van der Waals surface area contributed by atoms with Crippen LogP contribution in [0.5, 0.6) is 0 Å². The molecule has 0 aromatic heterocycles. The lowest BCUT2D eigenvalue weighted by atomic mass is 9.89. The summed E-state index contributed by atoms with van der Waals surface area (Å²) in [7, 11) is 0. The van der Waals surface area contributed by atoms with Crippen molar-refractivity contribution >= 4 is 5.97 Å². The van der Waals surface area contributed by atoms with Crippen molar-refractivity contribution in [1.82, 2.24) is 0 Å². The van der Waals surface area contributed by atoms with Crippen molar-refractivity contribution in [2.75, 3.05) is 0 Å². The van der Waals surface area contributed by atoms with Crippen LogP contribution in [0.1, 0.15) is 37.2 Å². The Labute approximate surface area is 95.3 Å². The molecular weight excluding hydrogens is 200 g/mol. The molecule has 2 aliphatic carbocycles. The first-order valence-corrected chi connectivity index (χ1v) is 5.98. The average Bonchev–Trinajstić information content (AvgIpc) is 2.91. The molecule has 0 amide bonds. The highest BCUT2D eigenvalue weighted by Gasteiger charge is 2.54. The van der Waals surface area contributed by atoms with Crippen LogP contribution in [0.25, 0.3) is 0 Å². The first kappa shape index (κ1) is 9.88. The minimum Gasteiger partial charge on any atom is -0.481 e. The maximum absolute atomic E-state index is 11.3. The van der Waals surface area contributed by atoms with Gasteiger partial charge in [-0.3, -0.25) is 4.79 Å². The van der Waals surface area contributed by atoms with Gasteiger partial charge in [0, 0.05) is 0 Å². The minimum atomic E-state index is -0.613. The zero-order chi connectivity index (χ0) is 11.2. The molecule has 2 fully saturated rings. The summed E-state index contributed by atoms with van der Waals surface area (Å²) in [5.41, 5.74) is 1.60. The highest BCUT2D eigenvalue weighted by Crippen LogP contribution is 2.63. The van der Waals surface area contributed by atoms with Crippen molar-refractivity contribution in [3.8, 4) is 0 Å². The van der Waals surface area contributed by atoms with E-state index in [1.54, 1.807) is 0 Å². The molecule has 16 heavy (non-hydrogen) atoms. The number of hydrogen-bond acceptors (Lipinski definition) is 1. The van der Waals surface area contributed by atoms with Crippen LogP contribution in [0, 0.1) is 11.3 Å². The van der Waals surface area contributed by atoms with Crippen molar-refractivity contribution in [1.29, 1.82) is 0 Å². The normalized spacial score (nSPS) is 30.5. The third-order valence-corrected chi connectivity index (χ3v) is 4.29. The van der Waals surface area contributed by atoms with E-state index < -0.39 is 5.97 Å². The van der Waals surface area contributed by atoms with E-state index in [0.717, 1.165) is 12.8 Å². The lowest BCUT2D eigenvalue weighted by Gasteiger charge is -2.15. The molecule has 84 valence electrons. The van der Waals surface area contributed by atoms with Gasteiger partial charge in [0.05, 0.1) is 5.92 Å². The summed E-state index contributed by atoms with van der Waals surface area (Å²) in [6.45, 7) is 0. The van der Waals surface area contributed by atoms with Gasteiger partial charge in [0.2, 0.25) is 0 Å². The van der Waals surface area contributed by atoms with E-state index in [-0.39, 0.29) is 11.8 Å². The van der Waals surface area contributed by atoms with Gasteiger partial charge in [0.15, 0.2) is 0 Å². The molecule has 2 aliphatic rings. The molecule has 0 aliphatic heterocycles. The zero-order valence-corrected chi connectivity index (χ0v) is 9.23. The van der Waals surface area contributed by atoms with E-state index >= 15 is 0 Å². The first-order valence-electron chi connectivity index (χ1n) is 5.98. The van der Waals surface area contributed by atoms with E-state index in [9.17, 15) is 9.90 Å². The van der Waals surface area contributed by atoms with Gasteiger partial charge in [0.25, 0.3) is 0 Å². The van der Waals surface area contributed by atoms with Crippen molar-refractivity contribution < 1.29 is 9.90 Å². The maximum atomic E-state index is 11.3. The molecule has 2 atom stereocenters. The van der Waals surface area contributed by atoms with Crippen LogP contribution in [0.2, 0.25) is 0 Å². The molecule has 1 N–H and O–H groups in total. The van der Waals surface area contributed by atoms with E-state index in [4.69, 9.17) is 0 Å². The number of hydrogen-bond donors (Lipinski definition) is 1. The molecule has 1 aromatic carbocycles. The van der Waals surface area contributed by atoms with Gasteiger partial charge < -0.3 is 5.11 Å². The van der Waals surface area contributed by atoms with Gasteiger partial charge in [-0.05, 0) is 42.6 Å². The molecular formula is C14H16O2. The summed E-state index contributed by atoms with van der Waals surface area (Å²) in [5, 5.41) is 9.30. The van der Waals surface area contributed by atoms with Crippen molar-refractivity contribution in [2.24, 2.45) is 11.3 Å². The Morgan fingerprint density at radius 3 is 2.44 bits per heavy atom. The molecule has 3 rings (SSSR count).